The highest BCUT2D eigenvalue weighted by Crippen LogP contribution is 2.16. The van der Waals surface area contributed by atoms with E-state index in [0.717, 1.165) is 27.9 Å². The van der Waals surface area contributed by atoms with Crippen LogP contribution in [0, 0.1) is 27.7 Å². The number of nitrogens with one attached hydrogen (secondary N) is 3. The van der Waals surface area contributed by atoms with Gasteiger partial charge in [0, 0.05) is 5.69 Å². The van der Waals surface area contributed by atoms with E-state index < -0.39 is 5.91 Å². The largest absolute Gasteiger partial charge is 0.484 e. The number of hydrazine groups is 1. The predicted molar refractivity (Wildman–Crippen MR) is 102 cm³/mol. The van der Waals surface area contributed by atoms with E-state index in [4.69, 9.17) is 4.74 Å². The smallest absolute Gasteiger partial charge is 0.276 e. The minimum absolute atomic E-state index is 0.0577. The van der Waals surface area contributed by atoms with Crippen molar-refractivity contribution in [3.63, 3.8) is 0 Å². The lowest BCUT2D eigenvalue weighted by Crippen LogP contribution is -2.46. The summed E-state index contributed by atoms with van der Waals surface area (Å²) >= 11 is 0. The highest BCUT2D eigenvalue weighted by atomic mass is 16.5. The number of carbonyl (C=O) groups excluding carboxylic acids is 2. The molecule has 2 aromatic carbocycles. The van der Waals surface area contributed by atoms with E-state index in [1.54, 1.807) is 0 Å². The van der Waals surface area contributed by atoms with Gasteiger partial charge in [-0.3, -0.25) is 20.4 Å². The molecule has 0 saturated carbocycles. The van der Waals surface area contributed by atoms with Crippen molar-refractivity contribution in [2.45, 2.75) is 27.7 Å². The van der Waals surface area contributed by atoms with Crippen molar-refractivity contribution >= 4 is 17.5 Å². The van der Waals surface area contributed by atoms with Gasteiger partial charge >= 0.3 is 0 Å². The fraction of sp³-hybridized carbons (Fsp3) is 0.300. The number of anilines is 1. The maximum absolute atomic E-state index is 11.8. The Morgan fingerprint density at radius 1 is 0.846 bits per heavy atom. The first-order valence-electron chi connectivity index (χ1n) is 8.43. The van der Waals surface area contributed by atoms with Gasteiger partial charge in [-0.1, -0.05) is 23.8 Å². The van der Waals surface area contributed by atoms with E-state index in [2.05, 4.69) is 16.2 Å². The summed E-state index contributed by atoms with van der Waals surface area (Å²) in [4.78, 5) is 23.6. The zero-order valence-corrected chi connectivity index (χ0v) is 15.6. The molecule has 0 saturated heterocycles. The third-order valence-electron chi connectivity index (χ3n) is 3.73. The maximum Gasteiger partial charge on any atom is 0.276 e. The van der Waals surface area contributed by atoms with Crippen LogP contribution in [0.5, 0.6) is 5.75 Å². The Morgan fingerprint density at radius 3 is 2.15 bits per heavy atom. The fourth-order valence-electron chi connectivity index (χ4n) is 2.57. The van der Waals surface area contributed by atoms with Gasteiger partial charge in [0.2, 0.25) is 0 Å². The molecule has 0 aromatic heterocycles. The molecule has 0 spiro atoms. The Labute approximate surface area is 153 Å². The average molecular weight is 355 g/mol. The molecular weight excluding hydrogens is 330 g/mol. The van der Waals surface area contributed by atoms with Crippen LogP contribution in [0.25, 0.3) is 0 Å². The van der Waals surface area contributed by atoms with Crippen LogP contribution < -0.4 is 20.9 Å². The Kier molecular flexibility index (Phi) is 6.60. The summed E-state index contributed by atoms with van der Waals surface area (Å²) in [7, 11) is 0. The summed E-state index contributed by atoms with van der Waals surface area (Å²) in [6, 6.07) is 11.7. The molecule has 0 fully saturated rings. The molecule has 0 aliphatic heterocycles. The molecule has 0 unspecified atom stereocenters. The number of rotatable bonds is 6. The monoisotopic (exact) mass is 355 g/mol. The van der Waals surface area contributed by atoms with Crippen molar-refractivity contribution in [2.75, 3.05) is 18.5 Å². The van der Waals surface area contributed by atoms with Gasteiger partial charge < -0.3 is 10.1 Å². The van der Waals surface area contributed by atoms with E-state index in [9.17, 15) is 9.59 Å². The van der Waals surface area contributed by atoms with Crippen molar-refractivity contribution in [1.29, 1.82) is 0 Å². The molecule has 0 heterocycles. The number of hydrogen-bond acceptors (Lipinski definition) is 4. The van der Waals surface area contributed by atoms with Gasteiger partial charge in [-0.2, -0.15) is 0 Å². The van der Waals surface area contributed by atoms with Crippen LogP contribution in [0.4, 0.5) is 5.69 Å². The van der Waals surface area contributed by atoms with E-state index >= 15 is 0 Å². The summed E-state index contributed by atoms with van der Waals surface area (Å²) < 4.78 is 5.44. The van der Waals surface area contributed by atoms with Crippen LogP contribution in [0.15, 0.2) is 36.4 Å². The van der Waals surface area contributed by atoms with Crippen molar-refractivity contribution in [3.05, 3.63) is 58.7 Å². The van der Waals surface area contributed by atoms with Crippen LogP contribution in [0.3, 0.4) is 0 Å². The molecule has 26 heavy (non-hydrogen) atoms. The van der Waals surface area contributed by atoms with Crippen LogP contribution in [-0.4, -0.2) is 25.0 Å². The quantitative estimate of drug-likeness (QED) is 0.696. The van der Waals surface area contributed by atoms with Gasteiger partial charge in [0.05, 0.1) is 6.54 Å². The second-order valence-electron chi connectivity index (χ2n) is 6.38. The topological polar surface area (TPSA) is 79.5 Å². The Balaban J connectivity index is 1.72. The van der Waals surface area contributed by atoms with Gasteiger partial charge in [0.15, 0.2) is 6.61 Å². The third kappa shape index (κ3) is 6.12. The zero-order valence-electron chi connectivity index (χ0n) is 15.6. The maximum atomic E-state index is 11.8. The second kappa shape index (κ2) is 8.89. The number of amides is 2. The summed E-state index contributed by atoms with van der Waals surface area (Å²) in [5.41, 5.74) is 9.93. The molecule has 2 amide bonds. The molecule has 2 aromatic rings. The molecule has 3 N–H and O–H groups in total. The van der Waals surface area contributed by atoms with Crippen molar-refractivity contribution in [2.24, 2.45) is 0 Å². The van der Waals surface area contributed by atoms with E-state index in [1.165, 1.54) is 0 Å². The van der Waals surface area contributed by atoms with Gasteiger partial charge in [0.25, 0.3) is 11.8 Å². The van der Waals surface area contributed by atoms with Crippen LogP contribution in [-0.2, 0) is 9.59 Å². The summed E-state index contributed by atoms with van der Waals surface area (Å²) in [5.74, 6) is -0.144. The van der Waals surface area contributed by atoms with Crippen LogP contribution in [0.1, 0.15) is 22.3 Å². The molecule has 0 aliphatic rings. The number of ether oxygens (including phenoxy) is 1. The molecule has 0 atom stereocenters. The van der Waals surface area contributed by atoms with E-state index in [1.807, 2.05) is 64.1 Å². The standard InChI is InChI=1S/C20H25N3O3/c1-13-5-6-18(16(4)8-13)21-11-19(24)22-23-20(25)12-26-17-9-14(2)7-15(3)10-17/h5-10,21H,11-12H2,1-4H3,(H,22,24)(H,23,25). The number of hydrogen-bond donors (Lipinski definition) is 3. The molecule has 0 bridgehead atoms. The van der Waals surface area contributed by atoms with Crippen molar-refractivity contribution in [3.8, 4) is 5.75 Å². The first-order chi connectivity index (χ1) is 12.3. The number of benzene rings is 2. The third-order valence-corrected chi connectivity index (χ3v) is 3.73. The SMILES string of the molecule is Cc1cc(C)cc(OCC(=O)NNC(=O)CNc2ccc(C)cc2C)c1. The molecule has 6 heteroatoms. The van der Waals surface area contributed by atoms with Gasteiger partial charge in [-0.15, -0.1) is 0 Å². The summed E-state index contributed by atoms with van der Waals surface area (Å²) in [6.07, 6.45) is 0. The Hall–Kier alpha value is -3.02. The van der Waals surface area contributed by atoms with Gasteiger partial charge in [-0.25, -0.2) is 0 Å². The zero-order chi connectivity index (χ0) is 19.1. The first-order valence-corrected chi connectivity index (χ1v) is 8.43. The van der Waals surface area contributed by atoms with E-state index in [-0.39, 0.29) is 19.1 Å². The van der Waals surface area contributed by atoms with Crippen molar-refractivity contribution in [1.82, 2.24) is 10.9 Å². The molecular formula is C20H25N3O3. The minimum Gasteiger partial charge on any atom is -0.484 e. The first kappa shape index (κ1) is 19.3. The lowest BCUT2D eigenvalue weighted by atomic mass is 10.1. The van der Waals surface area contributed by atoms with Crippen molar-refractivity contribution < 1.29 is 14.3 Å². The Morgan fingerprint density at radius 2 is 1.50 bits per heavy atom. The second-order valence-corrected chi connectivity index (χ2v) is 6.38. The van der Waals surface area contributed by atoms with E-state index in [0.29, 0.717) is 5.75 Å². The molecule has 138 valence electrons. The molecule has 0 aliphatic carbocycles. The molecule has 6 nitrogen and oxygen atoms in total. The highest BCUT2D eigenvalue weighted by Gasteiger charge is 2.07. The van der Waals surface area contributed by atoms with Gasteiger partial charge in [-0.05, 0) is 62.6 Å². The van der Waals surface area contributed by atoms with Crippen LogP contribution in [0.2, 0.25) is 0 Å². The summed E-state index contributed by atoms with van der Waals surface area (Å²) in [6.45, 7) is 7.79. The lowest BCUT2D eigenvalue weighted by molar-refractivity contribution is -0.129. The number of carbonyl (C=O) groups is 2. The Bertz CT molecular complexity index is 783. The molecule has 2 rings (SSSR count). The number of aryl methyl sites for hydroxylation is 4. The average Bonchev–Trinajstić information content (AvgIpc) is 2.56. The van der Waals surface area contributed by atoms with Crippen LogP contribution >= 0.6 is 0 Å². The highest BCUT2D eigenvalue weighted by molar-refractivity contribution is 5.85. The predicted octanol–water partition coefficient (Wildman–Crippen LogP) is 2.56. The molecule has 0 radical (unpaired) electrons. The summed E-state index contributed by atoms with van der Waals surface area (Å²) in [5, 5.41) is 3.04. The minimum atomic E-state index is -0.427. The normalized spacial score (nSPS) is 10.2. The van der Waals surface area contributed by atoms with Gasteiger partial charge in [0.1, 0.15) is 5.75 Å². The lowest BCUT2D eigenvalue weighted by Gasteiger charge is -2.12. The fourth-order valence-corrected chi connectivity index (χ4v) is 2.57.